The Labute approximate surface area is 177 Å². The van der Waals surface area contributed by atoms with E-state index in [4.69, 9.17) is 9.47 Å². The van der Waals surface area contributed by atoms with E-state index in [9.17, 15) is 9.59 Å². The van der Waals surface area contributed by atoms with Crippen molar-refractivity contribution >= 4 is 11.9 Å². The van der Waals surface area contributed by atoms with E-state index in [2.05, 4.69) is 5.10 Å². The van der Waals surface area contributed by atoms with Crippen molar-refractivity contribution in [1.29, 1.82) is 0 Å². The molecule has 1 aromatic carbocycles. The van der Waals surface area contributed by atoms with Gasteiger partial charge in [-0.25, -0.2) is 4.79 Å². The third-order valence-electron chi connectivity index (χ3n) is 5.92. The first-order valence-electron chi connectivity index (χ1n) is 10.8. The van der Waals surface area contributed by atoms with Crippen LogP contribution in [-0.4, -0.2) is 53.4 Å². The largest absolute Gasteiger partial charge is 0.497 e. The zero-order valence-electron chi connectivity index (χ0n) is 17.7. The van der Waals surface area contributed by atoms with Crippen LogP contribution in [0.25, 0.3) is 0 Å². The molecule has 1 saturated heterocycles. The molecule has 0 N–H and O–H groups in total. The Kier molecular flexibility index (Phi) is 6.06. The average molecular weight is 412 g/mol. The fourth-order valence-electron chi connectivity index (χ4n) is 4.08. The molecule has 2 aromatic rings. The van der Waals surface area contributed by atoms with Gasteiger partial charge in [-0.2, -0.15) is 5.10 Å². The van der Waals surface area contributed by atoms with Gasteiger partial charge in [0.1, 0.15) is 5.75 Å². The van der Waals surface area contributed by atoms with Crippen molar-refractivity contribution in [2.24, 2.45) is 0 Å². The number of aromatic nitrogens is 2. The van der Waals surface area contributed by atoms with Gasteiger partial charge in [0, 0.05) is 24.7 Å². The van der Waals surface area contributed by atoms with Crippen LogP contribution in [-0.2, 0) is 16.0 Å². The van der Waals surface area contributed by atoms with E-state index < -0.39 is 0 Å². The second-order valence-corrected chi connectivity index (χ2v) is 8.03. The quantitative estimate of drug-likeness (QED) is 0.653. The average Bonchev–Trinajstić information content (AvgIpc) is 3.52. The van der Waals surface area contributed by atoms with Gasteiger partial charge in [0.2, 0.25) is 5.91 Å². The molecule has 0 spiro atoms. The summed E-state index contributed by atoms with van der Waals surface area (Å²) in [6.45, 7) is 3.56. The van der Waals surface area contributed by atoms with Crippen molar-refractivity contribution in [1.82, 2.24) is 14.7 Å². The lowest BCUT2D eigenvalue weighted by molar-refractivity contribution is -0.131. The third-order valence-corrected chi connectivity index (χ3v) is 5.92. The Balaban J connectivity index is 1.38. The van der Waals surface area contributed by atoms with E-state index in [0.29, 0.717) is 37.7 Å². The van der Waals surface area contributed by atoms with Crippen LogP contribution >= 0.6 is 0 Å². The molecule has 2 aliphatic rings. The number of piperidine rings is 1. The van der Waals surface area contributed by atoms with E-state index in [1.807, 2.05) is 39.9 Å². The molecule has 1 aromatic heterocycles. The van der Waals surface area contributed by atoms with Crippen LogP contribution in [0.15, 0.2) is 30.3 Å². The van der Waals surface area contributed by atoms with Crippen molar-refractivity contribution in [2.75, 3.05) is 26.8 Å². The van der Waals surface area contributed by atoms with Crippen molar-refractivity contribution in [3.05, 3.63) is 47.3 Å². The maximum absolute atomic E-state index is 12.7. The summed E-state index contributed by atoms with van der Waals surface area (Å²) in [5, 5.41) is 4.59. The summed E-state index contributed by atoms with van der Waals surface area (Å²) >= 11 is 0. The summed E-state index contributed by atoms with van der Waals surface area (Å²) in [7, 11) is 1.63. The molecule has 160 valence electrons. The Bertz CT molecular complexity index is 894. The molecule has 0 bridgehead atoms. The minimum absolute atomic E-state index is 0.147. The molecule has 0 unspecified atom stereocenters. The van der Waals surface area contributed by atoms with Gasteiger partial charge in [0.15, 0.2) is 5.69 Å². The number of ether oxygens (including phenoxy) is 2. The van der Waals surface area contributed by atoms with Crippen molar-refractivity contribution in [2.45, 2.75) is 51.0 Å². The summed E-state index contributed by atoms with van der Waals surface area (Å²) in [4.78, 5) is 26.8. The van der Waals surface area contributed by atoms with Crippen LogP contribution in [0.1, 0.15) is 66.3 Å². The normalized spacial score (nSPS) is 17.1. The summed E-state index contributed by atoms with van der Waals surface area (Å²) in [6.07, 6.45) is 4.38. The van der Waals surface area contributed by atoms with Gasteiger partial charge in [0.05, 0.1) is 26.2 Å². The highest BCUT2D eigenvalue weighted by Crippen LogP contribution is 2.42. The smallest absolute Gasteiger partial charge is 0.358 e. The number of likely N-dealkylation sites (tertiary alicyclic amines) is 1. The first-order valence-corrected chi connectivity index (χ1v) is 10.8. The van der Waals surface area contributed by atoms with Gasteiger partial charge >= 0.3 is 5.97 Å². The lowest BCUT2D eigenvalue weighted by Gasteiger charge is -2.33. The third kappa shape index (κ3) is 4.50. The minimum Gasteiger partial charge on any atom is -0.497 e. The minimum atomic E-state index is -0.356. The zero-order valence-corrected chi connectivity index (χ0v) is 17.7. The fourth-order valence-corrected chi connectivity index (χ4v) is 4.08. The van der Waals surface area contributed by atoms with Crippen molar-refractivity contribution in [3.63, 3.8) is 0 Å². The summed E-state index contributed by atoms with van der Waals surface area (Å²) < 4.78 is 12.3. The van der Waals surface area contributed by atoms with Crippen LogP contribution in [0, 0.1) is 0 Å². The number of methoxy groups -OCH3 is 1. The van der Waals surface area contributed by atoms with Gasteiger partial charge < -0.3 is 14.4 Å². The van der Waals surface area contributed by atoms with E-state index >= 15 is 0 Å². The number of nitrogens with zero attached hydrogens (tertiary/aromatic N) is 3. The number of carbonyl (C=O) groups is 2. The first kappa shape index (κ1) is 20.4. The molecule has 1 aliphatic heterocycles. The van der Waals surface area contributed by atoms with E-state index in [1.54, 1.807) is 14.0 Å². The fraction of sp³-hybridized carbons (Fsp3) is 0.522. The van der Waals surface area contributed by atoms with Crippen LogP contribution in [0.5, 0.6) is 5.75 Å². The number of benzene rings is 1. The second kappa shape index (κ2) is 8.90. The second-order valence-electron chi connectivity index (χ2n) is 8.03. The lowest BCUT2D eigenvalue weighted by atomic mass is 10.0. The van der Waals surface area contributed by atoms with Crippen LogP contribution in [0.3, 0.4) is 0 Å². The molecule has 0 atom stereocenters. The van der Waals surface area contributed by atoms with Gasteiger partial charge in [-0.1, -0.05) is 12.1 Å². The molecule has 2 heterocycles. The number of esters is 1. The van der Waals surface area contributed by atoms with Crippen LogP contribution < -0.4 is 4.74 Å². The molecule has 1 amide bonds. The Hall–Kier alpha value is -2.83. The summed E-state index contributed by atoms with van der Waals surface area (Å²) in [5.74, 6) is 1.08. The number of amides is 1. The monoisotopic (exact) mass is 411 g/mol. The molecule has 1 saturated carbocycles. The summed E-state index contributed by atoms with van der Waals surface area (Å²) in [6, 6.07) is 9.75. The standard InChI is InChI=1S/C23H29N3O4/c1-3-30-23(28)20-15-21(17-6-7-17)26(24-20)18-10-12-25(13-11-18)22(27)14-16-4-8-19(29-2)9-5-16/h4-5,8-9,15,17-18H,3,6-7,10-14H2,1-2H3. The van der Waals surface area contributed by atoms with Gasteiger partial charge in [0.25, 0.3) is 0 Å². The molecule has 7 nitrogen and oxygen atoms in total. The number of rotatable bonds is 7. The molecule has 30 heavy (non-hydrogen) atoms. The number of carbonyl (C=O) groups excluding carboxylic acids is 2. The lowest BCUT2D eigenvalue weighted by Crippen LogP contribution is -2.40. The molecule has 2 fully saturated rings. The van der Waals surface area contributed by atoms with Crippen molar-refractivity contribution < 1.29 is 19.1 Å². The summed E-state index contributed by atoms with van der Waals surface area (Å²) in [5.41, 5.74) is 2.53. The molecular formula is C23H29N3O4. The highest BCUT2D eigenvalue weighted by Gasteiger charge is 2.33. The molecule has 4 rings (SSSR count). The predicted octanol–water partition coefficient (Wildman–Crippen LogP) is 3.35. The first-order chi connectivity index (χ1) is 14.6. The van der Waals surface area contributed by atoms with Gasteiger partial charge in [-0.15, -0.1) is 0 Å². The maximum atomic E-state index is 12.7. The van der Waals surface area contributed by atoms with E-state index in [1.165, 1.54) is 0 Å². The highest BCUT2D eigenvalue weighted by molar-refractivity contribution is 5.87. The molecule has 7 heteroatoms. The Morgan fingerprint density at radius 1 is 1.10 bits per heavy atom. The molecule has 0 radical (unpaired) electrons. The number of hydrogen-bond acceptors (Lipinski definition) is 5. The highest BCUT2D eigenvalue weighted by atomic mass is 16.5. The van der Waals surface area contributed by atoms with E-state index in [-0.39, 0.29) is 17.9 Å². The van der Waals surface area contributed by atoms with Crippen LogP contribution in [0.2, 0.25) is 0 Å². The Morgan fingerprint density at radius 3 is 2.40 bits per heavy atom. The number of hydrogen-bond donors (Lipinski definition) is 0. The van der Waals surface area contributed by atoms with Crippen molar-refractivity contribution in [3.8, 4) is 5.75 Å². The van der Waals surface area contributed by atoms with Gasteiger partial charge in [-0.05, 0) is 56.4 Å². The maximum Gasteiger partial charge on any atom is 0.358 e. The van der Waals surface area contributed by atoms with Crippen LogP contribution in [0.4, 0.5) is 0 Å². The van der Waals surface area contributed by atoms with E-state index in [0.717, 1.165) is 42.7 Å². The topological polar surface area (TPSA) is 73.7 Å². The Morgan fingerprint density at radius 2 is 1.80 bits per heavy atom. The SMILES string of the molecule is CCOC(=O)c1cc(C2CC2)n(C2CCN(C(=O)Cc3ccc(OC)cc3)CC2)n1. The zero-order chi connectivity index (χ0) is 21.1. The predicted molar refractivity (Wildman–Crippen MR) is 112 cm³/mol. The van der Waals surface area contributed by atoms with Gasteiger partial charge in [-0.3, -0.25) is 9.48 Å². The molecule has 1 aliphatic carbocycles. The molecular weight excluding hydrogens is 382 g/mol.